The zero-order chi connectivity index (χ0) is 21.0. The van der Waals surface area contributed by atoms with Crippen LogP contribution < -0.4 is 0 Å². The topological polar surface area (TPSA) is 61.9 Å². The van der Waals surface area contributed by atoms with Crippen LogP contribution in [-0.4, -0.2) is 44.6 Å². The number of ether oxygens (including phenoxy) is 1. The second-order valence-corrected chi connectivity index (χ2v) is 8.32. The molecule has 3 rings (SSSR count). The summed E-state index contributed by atoms with van der Waals surface area (Å²) in [5.41, 5.74) is 5.16. The van der Waals surface area contributed by atoms with Crippen molar-refractivity contribution in [2.45, 2.75) is 45.3 Å². The van der Waals surface area contributed by atoms with Gasteiger partial charge >= 0.3 is 0 Å². The third kappa shape index (κ3) is 4.79. The standard InChI is InChI=1S/C22H28N4O2S/c1-15(2)18-6-8-19(9-7-18)26-16(3)12-20(17(26)4)21(27)13-29-22-24-23-14-25(22)10-11-28-5/h6-9,12,14-15H,10-11,13H2,1-5H3. The minimum absolute atomic E-state index is 0.0921. The molecule has 3 aromatic rings. The summed E-state index contributed by atoms with van der Waals surface area (Å²) in [5, 5.41) is 8.78. The molecule has 29 heavy (non-hydrogen) atoms. The Balaban J connectivity index is 1.75. The summed E-state index contributed by atoms with van der Waals surface area (Å²) in [6.45, 7) is 9.66. The molecule has 7 heteroatoms. The lowest BCUT2D eigenvalue weighted by molar-refractivity contribution is 0.102. The van der Waals surface area contributed by atoms with Gasteiger partial charge in [0.25, 0.3) is 0 Å². The van der Waals surface area contributed by atoms with E-state index in [-0.39, 0.29) is 5.78 Å². The van der Waals surface area contributed by atoms with Crippen LogP contribution in [0.15, 0.2) is 41.8 Å². The molecule has 0 aliphatic carbocycles. The van der Waals surface area contributed by atoms with Gasteiger partial charge in [0, 0.05) is 36.3 Å². The lowest BCUT2D eigenvalue weighted by atomic mass is 10.0. The maximum atomic E-state index is 12.9. The highest BCUT2D eigenvalue weighted by atomic mass is 32.2. The first kappa shape index (κ1) is 21.3. The predicted octanol–water partition coefficient (Wildman–Crippen LogP) is 4.43. The van der Waals surface area contributed by atoms with Gasteiger partial charge in [-0.15, -0.1) is 10.2 Å². The Morgan fingerprint density at radius 1 is 1.21 bits per heavy atom. The zero-order valence-corrected chi connectivity index (χ0v) is 18.5. The van der Waals surface area contributed by atoms with Crippen LogP contribution in [0.2, 0.25) is 0 Å². The van der Waals surface area contributed by atoms with Crippen LogP contribution in [0.1, 0.15) is 47.1 Å². The molecule has 0 unspecified atom stereocenters. The smallest absolute Gasteiger partial charge is 0.191 e. The number of carbonyl (C=O) groups is 1. The van der Waals surface area contributed by atoms with Crippen molar-refractivity contribution in [3.63, 3.8) is 0 Å². The minimum Gasteiger partial charge on any atom is -0.383 e. The molecular weight excluding hydrogens is 384 g/mol. The largest absolute Gasteiger partial charge is 0.383 e. The Hall–Kier alpha value is -2.38. The molecule has 0 aliphatic rings. The van der Waals surface area contributed by atoms with Gasteiger partial charge in [-0.25, -0.2) is 0 Å². The number of hydrogen-bond acceptors (Lipinski definition) is 5. The molecule has 0 N–H and O–H groups in total. The Morgan fingerprint density at radius 3 is 2.59 bits per heavy atom. The lowest BCUT2D eigenvalue weighted by Gasteiger charge is -2.12. The van der Waals surface area contributed by atoms with Gasteiger partial charge in [-0.05, 0) is 43.5 Å². The van der Waals surface area contributed by atoms with Crippen molar-refractivity contribution in [3.8, 4) is 5.69 Å². The maximum Gasteiger partial charge on any atom is 0.191 e. The summed E-state index contributed by atoms with van der Waals surface area (Å²) in [4.78, 5) is 12.9. The molecule has 0 bridgehead atoms. The van der Waals surface area contributed by atoms with Gasteiger partial charge in [-0.3, -0.25) is 4.79 Å². The van der Waals surface area contributed by atoms with Crippen LogP contribution in [0, 0.1) is 13.8 Å². The molecule has 0 aliphatic heterocycles. The molecule has 0 saturated carbocycles. The van der Waals surface area contributed by atoms with Crippen LogP contribution >= 0.6 is 11.8 Å². The molecule has 0 saturated heterocycles. The SMILES string of the molecule is COCCn1cnnc1SCC(=O)c1cc(C)n(-c2ccc(C(C)C)cc2)c1C. The van der Waals surface area contributed by atoms with Crippen LogP contribution in [0.3, 0.4) is 0 Å². The summed E-state index contributed by atoms with van der Waals surface area (Å²) in [5.74, 6) is 0.910. The minimum atomic E-state index is 0.0921. The van der Waals surface area contributed by atoms with Gasteiger partial charge in [0.15, 0.2) is 10.9 Å². The van der Waals surface area contributed by atoms with Crippen LogP contribution in [-0.2, 0) is 11.3 Å². The Bertz CT molecular complexity index is 973. The second kappa shape index (κ2) is 9.41. The summed E-state index contributed by atoms with van der Waals surface area (Å²) in [6, 6.07) is 10.5. The van der Waals surface area contributed by atoms with E-state index in [1.807, 2.05) is 24.5 Å². The van der Waals surface area contributed by atoms with Gasteiger partial charge in [-0.1, -0.05) is 37.7 Å². The van der Waals surface area contributed by atoms with E-state index < -0.39 is 0 Å². The number of hydrogen-bond donors (Lipinski definition) is 0. The number of ketones is 1. The lowest BCUT2D eigenvalue weighted by Crippen LogP contribution is -2.08. The predicted molar refractivity (Wildman–Crippen MR) is 116 cm³/mol. The zero-order valence-electron chi connectivity index (χ0n) is 17.7. The van der Waals surface area contributed by atoms with Crippen molar-refractivity contribution in [2.75, 3.05) is 19.5 Å². The van der Waals surface area contributed by atoms with Crippen molar-refractivity contribution in [2.24, 2.45) is 0 Å². The number of Topliss-reactive ketones (excluding diaryl/α,β-unsaturated/α-hetero) is 1. The van der Waals surface area contributed by atoms with Crippen molar-refractivity contribution >= 4 is 17.5 Å². The summed E-state index contributed by atoms with van der Waals surface area (Å²) < 4.78 is 9.15. The average molecular weight is 413 g/mol. The fourth-order valence-corrected chi connectivity index (χ4v) is 4.18. The number of rotatable bonds is 9. The Kier molecular flexibility index (Phi) is 6.92. The average Bonchev–Trinajstić information content (AvgIpc) is 3.28. The molecule has 0 amide bonds. The normalized spacial score (nSPS) is 11.4. The number of carbonyl (C=O) groups excluding carboxylic acids is 1. The van der Waals surface area contributed by atoms with Gasteiger partial charge in [0.2, 0.25) is 0 Å². The summed E-state index contributed by atoms with van der Waals surface area (Å²) in [7, 11) is 1.66. The van der Waals surface area contributed by atoms with E-state index in [4.69, 9.17) is 4.74 Å². The van der Waals surface area contributed by atoms with Crippen LogP contribution in [0.4, 0.5) is 0 Å². The highest BCUT2D eigenvalue weighted by Crippen LogP contribution is 2.25. The number of benzene rings is 1. The van der Waals surface area contributed by atoms with E-state index in [2.05, 4.69) is 52.9 Å². The maximum absolute atomic E-state index is 12.9. The number of aromatic nitrogens is 4. The molecular formula is C22H28N4O2S. The first-order chi connectivity index (χ1) is 13.9. The third-order valence-corrected chi connectivity index (χ3v) is 5.98. The summed E-state index contributed by atoms with van der Waals surface area (Å²) in [6.07, 6.45) is 1.67. The molecule has 0 fully saturated rings. The van der Waals surface area contributed by atoms with Crippen LogP contribution in [0.5, 0.6) is 0 Å². The van der Waals surface area contributed by atoms with Crippen molar-refractivity contribution < 1.29 is 9.53 Å². The Labute approximate surface area is 176 Å². The van der Waals surface area contributed by atoms with E-state index >= 15 is 0 Å². The number of methoxy groups -OCH3 is 1. The Morgan fingerprint density at radius 2 is 1.93 bits per heavy atom. The number of aryl methyl sites for hydroxylation is 1. The fraction of sp³-hybridized carbons (Fsp3) is 0.409. The van der Waals surface area contributed by atoms with Gasteiger partial charge in [0.05, 0.1) is 12.4 Å². The first-order valence-electron chi connectivity index (χ1n) is 9.74. The molecule has 154 valence electrons. The van der Waals surface area contributed by atoms with E-state index in [1.165, 1.54) is 17.3 Å². The molecule has 1 aromatic carbocycles. The molecule has 0 atom stereocenters. The first-order valence-corrected chi connectivity index (χ1v) is 10.7. The van der Waals surface area contributed by atoms with E-state index in [0.29, 0.717) is 24.8 Å². The van der Waals surface area contributed by atoms with E-state index in [0.717, 1.165) is 27.8 Å². The highest BCUT2D eigenvalue weighted by Gasteiger charge is 2.18. The number of nitrogens with zero attached hydrogens (tertiary/aromatic N) is 4. The molecule has 2 aromatic heterocycles. The monoisotopic (exact) mass is 412 g/mol. The van der Waals surface area contributed by atoms with Gasteiger partial charge in [0.1, 0.15) is 6.33 Å². The van der Waals surface area contributed by atoms with Gasteiger partial charge in [-0.2, -0.15) is 0 Å². The van der Waals surface area contributed by atoms with E-state index in [9.17, 15) is 4.79 Å². The molecule has 2 heterocycles. The highest BCUT2D eigenvalue weighted by molar-refractivity contribution is 7.99. The van der Waals surface area contributed by atoms with Crippen molar-refractivity contribution in [1.82, 2.24) is 19.3 Å². The quantitative estimate of drug-likeness (QED) is 0.384. The molecule has 6 nitrogen and oxygen atoms in total. The van der Waals surface area contributed by atoms with Crippen LogP contribution in [0.25, 0.3) is 5.69 Å². The molecule has 0 radical (unpaired) electrons. The third-order valence-electron chi connectivity index (χ3n) is 5.00. The number of thioether (sulfide) groups is 1. The fourth-order valence-electron chi connectivity index (χ4n) is 3.36. The van der Waals surface area contributed by atoms with Gasteiger partial charge < -0.3 is 13.9 Å². The van der Waals surface area contributed by atoms with Crippen molar-refractivity contribution in [3.05, 3.63) is 59.2 Å². The molecule has 0 spiro atoms. The second-order valence-electron chi connectivity index (χ2n) is 7.38. The van der Waals surface area contributed by atoms with E-state index in [1.54, 1.807) is 13.4 Å². The summed E-state index contributed by atoms with van der Waals surface area (Å²) >= 11 is 1.41. The van der Waals surface area contributed by atoms with Crippen molar-refractivity contribution in [1.29, 1.82) is 0 Å².